The minimum atomic E-state index is -4.20. The monoisotopic (exact) mass is 575 g/mol. The van der Waals surface area contributed by atoms with Gasteiger partial charge in [-0.2, -0.15) is 0 Å². The molecule has 3 aromatic carbocycles. The Labute approximate surface area is 234 Å². The normalized spacial score (nSPS) is 12.9. The van der Waals surface area contributed by atoms with Gasteiger partial charge >= 0.3 is 0 Å². The van der Waals surface area contributed by atoms with Crippen LogP contribution in [0.4, 0.5) is 5.69 Å². The van der Waals surface area contributed by atoms with E-state index in [9.17, 15) is 18.0 Å². The molecule has 0 aromatic heterocycles. The number of benzene rings is 3. The number of nitrogens with zero attached hydrogens (tertiary/aromatic N) is 2. The minimum absolute atomic E-state index is 0.00371. The van der Waals surface area contributed by atoms with Crippen LogP contribution in [0.1, 0.15) is 32.8 Å². The fourth-order valence-electron chi connectivity index (χ4n) is 3.74. The lowest BCUT2D eigenvalue weighted by Gasteiger charge is -2.32. The molecule has 10 heteroatoms. The van der Waals surface area contributed by atoms with Gasteiger partial charge in [-0.05, 0) is 56.2 Å². The molecule has 202 valence electrons. The molecule has 0 saturated carbocycles. The third kappa shape index (κ3) is 7.28. The molecule has 0 spiro atoms. The summed E-state index contributed by atoms with van der Waals surface area (Å²) in [6, 6.07) is 20.4. The molecule has 0 aliphatic carbocycles. The van der Waals surface area contributed by atoms with Crippen LogP contribution < -0.4 is 9.62 Å². The van der Waals surface area contributed by atoms with Crippen molar-refractivity contribution < 1.29 is 18.0 Å². The largest absolute Gasteiger partial charge is 0.352 e. The summed E-state index contributed by atoms with van der Waals surface area (Å²) >= 11 is 12.5. The Balaban J connectivity index is 2.03. The molecule has 1 N–H and O–H groups in total. The predicted octanol–water partition coefficient (Wildman–Crippen LogP) is 5.52. The predicted molar refractivity (Wildman–Crippen MR) is 152 cm³/mol. The number of carbonyl (C=O) groups excluding carboxylic acids is 2. The van der Waals surface area contributed by atoms with E-state index in [-0.39, 0.29) is 34.1 Å². The van der Waals surface area contributed by atoms with E-state index in [1.165, 1.54) is 35.2 Å². The maximum absolute atomic E-state index is 13.9. The van der Waals surface area contributed by atoms with Gasteiger partial charge in [0.15, 0.2) is 0 Å². The van der Waals surface area contributed by atoms with Gasteiger partial charge in [0, 0.05) is 17.6 Å². The molecule has 0 aliphatic rings. The first kappa shape index (κ1) is 29.5. The topological polar surface area (TPSA) is 86.8 Å². The first-order chi connectivity index (χ1) is 18.0. The summed E-state index contributed by atoms with van der Waals surface area (Å²) in [6.45, 7) is 4.99. The summed E-state index contributed by atoms with van der Waals surface area (Å²) in [5.74, 6) is -0.892. The van der Waals surface area contributed by atoms with Crippen molar-refractivity contribution in [2.45, 2.75) is 50.7 Å². The summed E-state index contributed by atoms with van der Waals surface area (Å²) in [6.07, 6.45) is 0.725. The number of anilines is 1. The molecule has 0 radical (unpaired) electrons. The second kappa shape index (κ2) is 13.1. The molecule has 0 fully saturated rings. The zero-order valence-corrected chi connectivity index (χ0v) is 23.8. The Morgan fingerprint density at radius 2 is 1.53 bits per heavy atom. The van der Waals surface area contributed by atoms with Crippen LogP contribution in [0.3, 0.4) is 0 Å². The van der Waals surface area contributed by atoms with Gasteiger partial charge in [-0.25, -0.2) is 8.42 Å². The first-order valence-corrected chi connectivity index (χ1v) is 14.4. The van der Waals surface area contributed by atoms with Crippen LogP contribution in [0, 0.1) is 0 Å². The maximum atomic E-state index is 13.9. The average molecular weight is 577 g/mol. The second-order valence-corrected chi connectivity index (χ2v) is 11.6. The standard InChI is InChI=1S/C28H31Cl2N3O4S/c1-4-20(2)31-28(35)21(3)32(18-22-11-7-5-8-12-22)27(34)19-33(26-16-15-23(29)17-25(26)30)38(36,37)24-13-9-6-10-14-24/h5-17,20-21H,4,18-19H2,1-3H3,(H,31,35)/t20-,21-/m0/s1. The van der Waals surface area contributed by atoms with E-state index in [4.69, 9.17) is 23.2 Å². The van der Waals surface area contributed by atoms with Crippen LogP contribution in [-0.4, -0.2) is 43.8 Å². The molecular formula is C28H31Cl2N3O4S. The van der Waals surface area contributed by atoms with Crippen LogP contribution in [-0.2, 0) is 26.2 Å². The summed E-state index contributed by atoms with van der Waals surface area (Å²) < 4.78 is 28.5. The summed E-state index contributed by atoms with van der Waals surface area (Å²) in [5, 5.41) is 3.30. The molecule has 3 rings (SSSR count). The quantitative estimate of drug-likeness (QED) is 0.326. The summed E-state index contributed by atoms with van der Waals surface area (Å²) in [7, 11) is -4.20. The maximum Gasteiger partial charge on any atom is 0.264 e. The first-order valence-electron chi connectivity index (χ1n) is 12.2. The van der Waals surface area contributed by atoms with Crippen LogP contribution in [0.15, 0.2) is 83.8 Å². The molecule has 3 aromatic rings. The lowest BCUT2D eigenvalue weighted by atomic mass is 10.1. The number of sulfonamides is 1. The Morgan fingerprint density at radius 3 is 2.11 bits per heavy atom. The Kier molecular flexibility index (Phi) is 10.2. The van der Waals surface area contributed by atoms with Crippen LogP contribution in [0.2, 0.25) is 10.0 Å². The molecule has 2 amide bonds. The van der Waals surface area contributed by atoms with Crippen molar-refractivity contribution in [2.75, 3.05) is 10.8 Å². The third-order valence-electron chi connectivity index (χ3n) is 6.15. The Bertz CT molecular complexity index is 1360. The van der Waals surface area contributed by atoms with Gasteiger partial charge in [0.1, 0.15) is 12.6 Å². The fraction of sp³-hybridized carbons (Fsp3) is 0.286. The third-order valence-corrected chi connectivity index (χ3v) is 8.46. The molecule has 0 heterocycles. The Hall–Kier alpha value is -3.07. The van der Waals surface area contributed by atoms with E-state index in [1.54, 1.807) is 25.1 Å². The molecule has 7 nitrogen and oxygen atoms in total. The van der Waals surface area contributed by atoms with Gasteiger partial charge in [-0.15, -0.1) is 0 Å². The van der Waals surface area contributed by atoms with Crippen molar-refractivity contribution >= 4 is 50.7 Å². The zero-order chi connectivity index (χ0) is 27.9. The number of hydrogen-bond donors (Lipinski definition) is 1. The molecule has 2 atom stereocenters. The number of carbonyl (C=O) groups is 2. The van der Waals surface area contributed by atoms with Crippen molar-refractivity contribution in [3.8, 4) is 0 Å². The minimum Gasteiger partial charge on any atom is -0.352 e. The summed E-state index contributed by atoms with van der Waals surface area (Å²) in [5.41, 5.74) is 0.899. The van der Waals surface area contributed by atoms with Gasteiger partial charge in [-0.1, -0.05) is 78.7 Å². The van der Waals surface area contributed by atoms with Crippen LogP contribution in [0.25, 0.3) is 0 Å². The number of halogens is 2. The van der Waals surface area contributed by atoms with E-state index in [0.717, 1.165) is 16.3 Å². The molecule has 0 saturated heterocycles. The van der Waals surface area contributed by atoms with E-state index in [2.05, 4.69) is 5.32 Å². The van der Waals surface area contributed by atoms with Gasteiger partial charge in [0.25, 0.3) is 10.0 Å². The van der Waals surface area contributed by atoms with Crippen molar-refractivity contribution in [2.24, 2.45) is 0 Å². The Morgan fingerprint density at radius 1 is 0.921 bits per heavy atom. The van der Waals surface area contributed by atoms with Gasteiger partial charge in [0.2, 0.25) is 11.8 Å². The second-order valence-electron chi connectivity index (χ2n) is 8.92. The van der Waals surface area contributed by atoms with E-state index >= 15 is 0 Å². The lowest BCUT2D eigenvalue weighted by molar-refractivity contribution is -0.139. The number of amides is 2. The highest BCUT2D eigenvalue weighted by Gasteiger charge is 2.33. The van der Waals surface area contributed by atoms with E-state index in [1.807, 2.05) is 44.2 Å². The summed E-state index contributed by atoms with van der Waals surface area (Å²) in [4.78, 5) is 28.3. The van der Waals surface area contributed by atoms with Crippen LogP contribution in [0.5, 0.6) is 0 Å². The van der Waals surface area contributed by atoms with Crippen LogP contribution >= 0.6 is 23.2 Å². The highest BCUT2D eigenvalue weighted by atomic mass is 35.5. The van der Waals surface area contributed by atoms with Crippen molar-refractivity contribution in [1.82, 2.24) is 10.2 Å². The highest BCUT2D eigenvalue weighted by molar-refractivity contribution is 7.92. The number of nitrogens with one attached hydrogen (secondary N) is 1. The average Bonchev–Trinajstić information content (AvgIpc) is 2.91. The van der Waals surface area contributed by atoms with Gasteiger partial charge < -0.3 is 10.2 Å². The molecule has 38 heavy (non-hydrogen) atoms. The molecule has 0 bridgehead atoms. The smallest absolute Gasteiger partial charge is 0.264 e. The molecule has 0 aliphatic heterocycles. The zero-order valence-electron chi connectivity index (χ0n) is 21.5. The SMILES string of the molecule is CC[C@H](C)NC(=O)[C@H](C)N(Cc1ccccc1)C(=O)CN(c1ccc(Cl)cc1Cl)S(=O)(=O)c1ccccc1. The van der Waals surface area contributed by atoms with Crippen molar-refractivity contribution in [3.05, 3.63) is 94.5 Å². The van der Waals surface area contributed by atoms with Crippen molar-refractivity contribution in [1.29, 1.82) is 0 Å². The number of rotatable bonds is 11. The fourth-order valence-corrected chi connectivity index (χ4v) is 5.76. The van der Waals surface area contributed by atoms with E-state index in [0.29, 0.717) is 5.02 Å². The van der Waals surface area contributed by atoms with Crippen molar-refractivity contribution in [3.63, 3.8) is 0 Å². The van der Waals surface area contributed by atoms with E-state index < -0.39 is 28.5 Å². The molecule has 0 unspecified atom stereocenters. The lowest BCUT2D eigenvalue weighted by Crippen LogP contribution is -2.52. The molecular weight excluding hydrogens is 545 g/mol. The highest BCUT2D eigenvalue weighted by Crippen LogP contribution is 2.33. The number of hydrogen-bond acceptors (Lipinski definition) is 4. The van der Waals surface area contributed by atoms with Gasteiger partial charge in [-0.3, -0.25) is 13.9 Å². The van der Waals surface area contributed by atoms with Gasteiger partial charge in [0.05, 0.1) is 15.6 Å².